The van der Waals surface area contributed by atoms with E-state index in [4.69, 9.17) is 0 Å². The Kier molecular flexibility index (Phi) is 3.91. The summed E-state index contributed by atoms with van der Waals surface area (Å²) in [6.45, 7) is 2.90. The fraction of sp³-hybridized carbons (Fsp3) is 0.278. The van der Waals surface area contributed by atoms with Crippen molar-refractivity contribution in [3.05, 3.63) is 59.7 Å². The third kappa shape index (κ3) is 3.63. The van der Waals surface area contributed by atoms with Crippen LogP contribution in [0.15, 0.2) is 48.5 Å². The first kappa shape index (κ1) is 13.7. The Balaban J connectivity index is 1.63. The van der Waals surface area contributed by atoms with Crippen molar-refractivity contribution in [3.8, 4) is 0 Å². The van der Waals surface area contributed by atoms with Crippen LogP contribution in [0.25, 0.3) is 0 Å². The maximum atomic E-state index is 11.8. The van der Waals surface area contributed by atoms with Crippen molar-refractivity contribution < 1.29 is 4.79 Å². The van der Waals surface area contributed by atoms with Crippen LogP contribution in [0, 0.1) is 12.8 Å². The molecule has 3 rings (SSSR count). The number of aryl methyl sites for hydroxylation is 1. The molecule has 0 unspecified atom stereocenters. The van der Waals surface area contributed by atoms with E-state index in [1.165, 1.54) is 11.1 Å². The van der Waals surface area contributed by atoms with Crippen LogP contribution < -0.4 is 10.6 Å². The van der Waals surface area contributed by atoms with Crippen molar-refractivity contribution in [2.24, 2.45) is 5.92 Å². The van der Waals surface area contributed by atoms with E-state index in [0.717, 1.165) is 30.8 Å². The highest BCUT2D eigenvalue weighted by atomic mass is 16.2. The van der Waals surface area contributed by atoms with Gasteiger partial charge in [-0.25, -0.2) is 0 Å². The summed E-state index contributed by atoms with van der Waals surface area (Å²) in [5.41, 5.74) is 4.45. The van der Waals surface area contributed by atoms with Crippen molar-refractivity contribution in [1.82, 2.24) is 0 Å². The molecule has 0 aliphatic heterocycles. The third-order valence-electron chi connectivity index (χ3n) is 3.82. The first-order chi connectivity index (χ1) is 10.2. The van der Waals surface area contributed by atoms with Gasteiger partial charge >= 0.3 is 0 Å². The zero-order chi connectivity index (χ0) is 14.7. The standard InChI is InChI=1S/C18H20N2O/c1-13-5-2-3-6-15(13)12-19-16-7-4-8-17(11-16)20-18(21)14-9-10-14/h2-8,11,14,19H,9-10,12H2,1H3,(H,20,21). The highest BCUT2D eigenvalue weighted by Gasteiger charge is 2.29. The van der Waals surface area contributed by atoms with Gasteiger partial charge < -0.3 is 10.6 Å². The van der Waals surface area contributed by atoms with E-state index in [-0.39, 0.29) is 11.8 Å². The first-order valence-corrected chi connectivity index (χ1v) is 7.42. The number of carbonyl (C=O) groups is 1. The Labute approximate surface area is 125 Å². The van der Waals surface area contributed by atoms with E-state index in [9.17, 15) is 4.79 Å². The van der Waals surface area contributed by atoms with Crippen LogP contribution in [-0.2, 0) is 11.3 Å². The van der Waals surface area contributed by atoms with Crippen LogP contribution in [0.5, 0.6) is 0 Å². The summed E-state index contributed by atoms with van der Waals surface area (Å²) in [4.78, 5) is 11.8. The molecule has 108 valence electrons. The molecule has 1 aliphatic rings. The number of rotatable bonds is 5. The van der Waals surface area contributed by atoms with E-state index >= 15 is 0 Å². The predicted octanol–water partition coefficient (Wildman–Crippen LogP) is 3.96. The van der Waals surface area contributed by atoms with Gasteiger partial charge in [0, 0.05) is 23.8 Å². The molecule has 0 atom stereocenters. The maximum absolute atomic E-state index is 11.8. The molecule has 0 bridgehead atoms. The minimum atomic E-state index is 0.144. The van der Waals surface area contributed by atoms with Crippen molar-refractivity contribution in [3.63, 3.8) is 0 Å². The molecule has 2 N–H and O–H groups in total. The Bertz CT molecular complexity index is 647. The number of hydrogen-bond donors (Lipinski definition) is 2. The van der Waals surface area contributed by atoms with E-state index in [0.29, 0.717) is 0 Å². The predicted molar refractivity (Wildman–Crippen MR) is 86.3 cm³/mol. The molecule has 3 nitrogen and oxygen atoms in total. The van der Waals surface area contributed by atoms with Crippen LogP contribution >= 0.6 is 0 Å². The second-order valence-electron chi connectivity index (χ2n) is 5.62. The molecular formula is C18H20N2O. The highest BCUT2D eigenvalue weighted by Crippen LogP contribution is 2.30. The molecule has 0 spiro atoms. The van der Waals surface area contributed by atoms with E-state index in [1.807, 2.05) is 30.3 Å². The molecule has 2 aromatic rings. The summed E-state index contributed by atoms with van der Waals surface area (Å²) in [5, 5.41) is 6.38. The fourth-order valence-electron chi connectivity index (χ4n) is 2.30. The lowest BCUT2D eigenvalue weighted by Crippen LogP contribution is -2.13. The zero-order valence-corrected chi connectivity index (χ0v) is 12.2. The molecule has 1 amide bonds. The lowest BCUT2D eigenvalue weighted by molar-refractivity contribution is -0.117. The maximum Gasteiger partial charge on any atom is 0.227 e. The quantitative estimate of drug-likeness (QED) is 0.870. The van der Waals surface area contributed by atoms with Crippen molar-refractivity contribution in [2.75, 3.05) is 10.6 Å². The average Bonchev–Trinajstić information content (AvgIpc) is 3.31. The van der Waals surface area contributed by atoms with E-state index in [2.05, 4.69) is 35.8 Å². The Morgan fingerprint density at radius 2 is 1.86 bits per heavy atom. The molecule has 0 radical (unpaired) electrons. The minimum Gasteiger partial charge on any atom is -0.381 e. The van der Waals surface area contributed by atoms with Crippen molar-refractivity contribution >= 4 is 17.3 Å². The van der Waals surface area contributed by atoms with Gasteiger partial charge in [-0.3, -0.25) is 4.79 Å². The van der Waals surface area contributed by atoms with E-state index < -0.39 is 0 Å². The molecule has 0 heterocycles. The zero-order valence-electron chi connectivity index (χ0n) is 12.2. The van der Waals surface area contributed by atoms with E-state index in [1.54, 1.807) is 0 Å². The summed E-state index contributed by atoms with van der Waals surface area (Å²) in [6.07, 6.45) is 2.05. The smallest absolute Gasteiger partial charge is 0.227 e. The molecule has 0 saturated heterocycles. The number of anilines is 2. The molecule has 21 heavy (non-hydrogen) atoms. The average molecular weight is 280 g/mol. The van der Waals surface area contributed by atoms with Gasteiger partial charge in [-0.1, -0.05) is 30.3 Å². The van der Waals surface area contributed by atoms with Crippen molar-refractivity contribution in [2.45, 2.75) is 26.3 Å². The molecule has 1 fully saturated rings. The topological polar surface area (TPSA) is 41.1 Å². The summed E-state index contributed by atoms with van der Waals surface area (Å²) in [6, 6.07) is 16.2. The van der Waals surface area contributed by atoms with Gasteiger partial charge in [0.25, 0.3) is 0 Å². The van der Waals surface area contributed by atoms with Crippen LogP contribution in [-0.4, -0.2) is 5.91 Å². The van der Waals surface area contributed by atoms with Gasteiger partial charge in [0.2, 0.25) is 5.91 Å². The summed E-state index contributed by atoms with van der Waals surface area (Å²) in [5.74, 6) is 0.375. The second kappa shape index (κ2) is 6.00. The number of hydrogen-bond acceptors (Lipinski definition) is 2. The summed E-state index contributed by atoms with van der Waals surface area (Å²) < 4.78 is 0. The Morgan fingerprint density at radius 3 is 2.62 bits per heavy atom. The number of carbonyl (C=O) groups excluding carboxylic acids is 1. The van der Waals surface area contributed by atoms with Gasteiger partial charge in [-0.2, -0.15) is 0 Å². The van der Waals surface area contributed by atoms with Gasteiger partial charge in [0.05, 0.1) is 0 Å². The van der Waals surface area contributed by atoms with Crippen LogP contribution in [0.3, 0.4) is 0 Å². The molecule has 0 aromatic heterocycles. The number of nitrogens with one attached hydrogen (secondary N) is 2. The van der Waals surface area contributed by atoms with Gasteiger partial charge in [0.15, 0.2) is 0 Å². The molecular weight excluding hydrogens is 260 g/mol. The third-order valence-corrected chi connectivity index (χ3v) is 3.82. The molecule has 1 aliphatic carbocycles. The number of benzene rings is 2. The molecule has 3 heteroatoms. The van der Waals surface area contributed by atoms with Crippen molar-refractivity contribution in [1.29, 1.82) is 0 Å². The lowest BCUT2D eigenvalue weighted by Gasteiger charge is -2.11. The normalized spacial score (nSPS) is 13.8. The summed E-state index contributed by atoms with van der Waals surface area (Å²) >= 11 is 0. The molecule has 2 aromatic carbocycles. The minimum absolute atomic E-state index is 0.144. The van der Waals surface area contributed by atoms with Gasteiger partial charge in [-0.05, 0) is 49.1 Å². The highest BCUT2D eigenvalue weighted by molar-refractivity contribution is 5.94. The lowest BCUT2D eigenvalue weighted by atomic mass is 10.1. The van der Waals surface area contributed by atoms with Crippen LogP contribution in [0.1, 0.15) is 24.0 Å². The Hall–Kier alpha value is -2.29. The molecule has 1 saturated carbocycles. The fourth-order valence-corrected chi connectivity index (χ4v) is 2.30. The largest absolute Gasteiger partial charge is 0.381 e. The SMILES string of the molecule is Cc1ccccc1CNc1cccc(NC(=O)C2CC2)c1. The second-order valence-corrected chi connectivity index (χ2v) is 5.62. The van der Waals surface area contributed by atoms with Gasteiger partial charge in [-0.15, -0.1) is 0 Å². The monoisotopic (exact) mass is 280 g/mol. The van der Waals surface area contributed by atoms with Crippen LogP contribution in [0.4, 0.5) is 11.4 Å². The van der Waals surface area contributed by atoms with Gasteiger partial charge in [0.1, 0.15) is 0 Å². The number of amides is 1. The summed E-state index contributed by atoms with van der Waals surface area (Å²) in [7, 11) is 0. The first-order valence-electron chi connectivity index (χ1n) is 7.42. The Morgan fingerprint density at radius 1 is 1.10 bits per heavy atom. The van der Waals surface area contributed by atoms with Crippen LogP contribution in [0.2, 0.25) is 0 Å².